The second kappa shape index (κ2) is 8.41. The summed E-state index contributed by atoms with van der Waals surface area (Å²) in [6, 6.07) is 7.40. The Morgan fingerprint density at radius 1 is 1.15 bits per heavy atom. The molecule has 1 fully saturated rings. The fourth-order valence-electron chi connectivity index (χ4n) is 3.16. The number of carbonyl (C=O) groups is 3. The molecule has 0 N–H and O–H groups in total. The second-order valence-electron chi connectivity index (χ2n) is 7.59. The maximum Gasteiger partial charge on any atom is 0.410 e. The lowest BCUT2D eigenvalue weighted by Gasteiger charge is -2.24. The third-order valence-corrected chi connectivity index (χ3v) is 4.45. The molecule has 1 aliphatic heterocycles. The minimum atomic E-state index is -0.628. The molecule has 0 radical (unpaired) electrons. The maximum absolute atomic E-state index is 12.7. The minimum absolute atomic E-state index is 0.201. The molecule has 1 aliphatic rings. The molecule has 7 nitrogen and oxygen atoms in total. The number of ether oxygens (including phenoxy) is 3. The summed E-state index contributed by atoms with van der Waals surface area (Å²) < 4.78 is 15.3. The van der Waals surface area contributed by atoms with Crippen LogP contribution in [-0.2, 0) is 19.1 Å². The van der Waals surface area contributed by atoms with Crippen molar-refractivity contribution in [3.8, 4) is 5.75 Å². The van der Waals surface area contributed by atoms with Crippen LogP contribution in [0.5, 0.6) is 5.75 Å². The van der Waals surface area contributed by atoms with Crippen molar-refractivity contribution < 1.29 is 28.6 Å². The van der Waals surface area contributed by atoms with Crippen LogP contribution < -0.4 is 4.74 Å². The van der Waals surface area contributed by atoms with Crippen molar-refractivity contribution in [3.63, 3.8) is 0 Å². The smallest absolute Gasteiger partial charge is 0.410 e. The molecule has 0 unspecified atom stereocenters. The van der Waals surface area contributed by atoms with E-state index in [1.54, 1.807) is 27.9 Å². The zero-order valence-corrected chi connectivity index (χ0v) is 16.5. The minimum Gasteiger partial charge on any atom is -0.497 e. The van der Waals surface area contributed by atoms with Gasteiger partial charge in [-0.15, -0.1) is 0 Å². The molecule has 0 spiro atoms. The Bertz CT molecular complexity index is 709. The molecule has 7 heteroatoms. The first kappa shape index (κ1) is 20.7. The van der Waals surface area contributed by atoms with Gasteiger partial charge in [-0.25, -0.2) is 4.79 Å². The summed E-state index contributed by atoms with van der Waals surface area (Å²) in [7, 11) is 2.82. The van der Waals surface area contributed by atoms with E-state index >= 15 is 0 Å². The van der Waals surface area contributed by atoms with Gasteiger partial charge in [0.2, 0.25) is 0 Å². The number of likely N-dealkylation sites (tertiary alicyclic amines) is 1. The number of rotatable bonds is 5. The Labute approximate surface area is 159 Å². The van der Waals surface area contributed by atoms with Gasteiger partial charge in [0.25, 0.3) is 0 Å². The first-order valence-electron chi connectivity index (χ1n) is 8.86. The highest BCUT2D eigenvalue weighted by molar-refractivity contribution is 5.97. The van der Waals surface area contributed by atoms with Gasteiger partial charge in [-0.05, 0) is 38.5 Å². The van der Waals surface area contributed by atoms with Gasteiger partial charge in [-0.3, -0.25) is 9.59 Å². The summed E-state index contributed by atoms with van der Waals surface area (Å²) in [6.45, 7) is 5.91. The Hall–Kier alpha value is -2.57. The summed E-state index contributed by atoms with van der Waals surface area (Å²) in [5, 5.41) is 0. The van der Waals surface area contributed by atoms with E-state index in [9.17, 15) is 14.4 Å². The third-order valence-electron chi connectivity index (χ3n) is 4.45. The normalized spacial score (nSPS) is 19.5. The zero-order valence-electron chi connectivity index (χ0n) is 16.5. The zero-order chi connectivity index (χ0) is 20.2. The average Bonchev–Trinajstić information content (AvgIpc) is 3.06. The summed E-state index contributed by atoms with van der Waals surface area (Å²) >= 11 is 0. The van der Waals surface area contributed by atoms with Crippen molar-refractivity contribution in [1.82, 2.24) is 4.90 Å². The van der Waals surface area contributed by atoms with Gasteiger partial charge in [0.05, 0.1) is 14.2 Å². The molecule has 0 saturated carbocycles. The number of methoxy groups -OCH3 is 2. The van der Waals surface area contributed by atoms with Crippen LogP contribution in [0, 0.1) is 5.92 Å². The topological polar surface area (TPSA) is 82.1 Å². The van der Waals surface area contributed by atoms with Crippen LogP contribution >= 0.6 is 0 Å². The number of Topliss-reactive ketones (excluding diaryl/α,β-unsaturated/α-hetero) is 1. The predicted octanol–water partition coefficient (Wildman–Crippen LogP) is 2.78. The Morgan fingerprint density at radius 2 is 1.85 bits per heavy atom. The van der Waals surface area contributed by atoms with E-state index in [4.69, 9.17) is 9.47 Å². The number of carbonyl (C=O) groups excluding carboxylic acids is 3. The van der Waals surface area contributed by atoms with E-state index in [0.717, 1.165) is 5.56 Å². The van der Waals surface area contributed by atoms with Gasteiger partial charge in [0, 0.05) is 24.9 Å². The molecule has 1 aromatic carbocycles. The highest BCUT2D eigenvalue weighted by Crippen LogP contribution is 2.36. The van der Waals surface area contributed by atoms with Crippen LogP contribution in [0.1, 0.15) is 38.7 Å². The lowest BCUT2D eigenvalue weighted by atomic mass is 9.85. The van der Waals surface area contributed by atoms with E-state index in [1.807, 2.05) is 24.3 Å². The van der Waals surface area contributed by atoms with Crippen LogP contribution in [-0.4, -0.2) is 55.7 Å². The molecule has 148 valence electrons. The first-order chi connectivity index (χ1) is 12.6. The van der Waals surface area contributed by atoms with E-state index in [-0.39, 0.29) is 24.7 Å². The molecule has 0 aromatic heterocycles. The summed E-state index contributed by atoms with van der Waals surface area (Å²) in [4.78, 5) is 38.3. The third kappa shape index (κ3) is 5.45. The summed E-state index contributed by atoms with van der Waals surface area (Å²) in [5.74, 6) is -0.920. The van der Waals surface area contributed by atoms with Crippen molar-refractivity contribution in [2.75, 3.05) is 27.3 Å². The molecule has 1 heterocycles. The number of nitrogens with zero attached hydrogens (tertiary/aromatic N) is 1. The molecule has 0 bridgehead atoms. The first-order valence-corrected chi connectivity index (χ1v) is 8.86. The van der Waals surface area contributed by atoms with Crippen LogP contribution in [0.4, 0.5) is 4.79 Å². The number of hydrogen-bond donors (Lipinski definition) is 0. The van der Waals surface area contributed by atoms with Gasteiger partial charge < -0.3 is 19.1 Å². The van der Waals surface area contributed by atoms with E-state index < -0.39 is 23.6 Å². The SMILES string of the molecule is COC(=O)CC(=O)[C@H]1CN(C(=O)OC(C)(C)C)C[C@@H]1c1cccc(OC)c1. The number of benzene rings is 1. The molecule has 2 atom stereocenters. The highest BCUT2D eigenvalue weighted by atomic mass is 16.6. The van der Waals surface area contributed by atoms with Gasteiger partial charge in [-0.1, -0.05) is 12.1 Å². The fourth-order valence-corrected chi connectivity index (χ4v) is 3.16. The van der Waals surface area contributed by atoms with E-state index in [0.29, 0.717) is 12.3 Å². The molecule has 1 aromatic rings. The lowest BCUT2D eigenvalue weighted by Crippen LogP contribution is -2.36. The summed E-state index contributed by atoms with van der Waals surface area (Å²) in [6.07, 6.45) is -0.784. The van der Waals surface area contributed by atoms with Crippen LogP contribution in [0.3, 0.4) is 0 Å². The standard InChI is InChI=1S/C20H27NO6/c1-20(2,3)27-19(24)21-11-15(13-7-6-8-14(9-13)25-4)16(12-21)17(22)10-18(23)26-5/h6-9,15-16H,10-12H2,1-5H3/t15-,16+/m1/s1. The maximum atomic E-state index is 12.7. The highest BCUT2D eigenvalue weighted by Gasteiger charge is 2.42. The van der Waals surface area contributed by atoms with Gasteiger partial charge in [-0.2, -0.15) is 0 Å². The van der Waals surface area contributed by atoms with Crippen molar-refractivity contribution >= 4 is 17.8 Å². The Kier molecular flexibility index (Phi) is 6.46. The van der Waals surface area contributed by atoms with Gasteiger partial charge in [0.15, 0.2) is 0 Å². The van der Waals surface area contributed by atoms with E-state index in [1.165, 1.54) is 12.0 Å². The summed E-state index contributed by atoms with van der Waals surface area (Å²) in [5.41, 5.74) is 0.250. The van der Waals surface area contributed by atoms with E-state index in [2.05, 4.69) is 4.74 Å². The molecule has 0 aliphatic carbocycles. The molecule has 1 amide bonds. The van der Waals surface area contributed by atoms with Crippen molar-refractivity contribution in [1.29, 1.82) is 0 Å². The Morgan fingerprint density at radius 3 is 2.44 bits per heavy atom. The van der Waals surface area contributed by atoms with Gasteiger partial charge in [0.1, 0.15) is 23.6 Å². The quantitative estimate of drug-likeness (QED) is 0.580. The van der Waals surface area contributed by atoms with Crippen molar-refractivity contribution in [3.05, 3.63) is 29.8 Å². The van der Waals surface area contributed by atoms with Crippen LogP contribution in [0.25, 0.3) is 0 Å². The van der Waals surface area contributed by atoms with Crippen LogP contribution in [0.15, 0.2) is 24.3 Å². The second-order valence-corrected chi connectivity index (χ2v) is 7.59. The molecule has 1 saturated heterocycles. The van der Waals surface area contributed by atoms with Crippen molar-refractivity contribution in [2.45, 2.75) is 38.7 Å². The number of ketones is 1. The number of hydrogen-bond acceptors (Lipinski definition) is 6. The van der Waals surface area contributed by atoms with Crippen LogP contribution in [0.2, 0.25) is 0 Å². The molecular weight excluding hydrogens is 350 g/mol. The molecule has 27 heavy (non-hydrogen) atoms. The average molecular weight is 377 g/mol. The molecular formula is C20H27NO6. The lowest BCUT2D eigenvalue weighted by molar-refractivity contribution is -0.144. The Balaban J connectivity index is 2.27. The fraction of sp³-hybridized carbons (Fsp3) is 0.550. The van der Waals surface area contributed by atoms with Gasteiger partial charge >= 0.3 is 12.1 Å². The monoisotopic (exact) mass is 377 g/mol. The predicted molar refractivity (Wildman–Crippen MR) is 98.7 cm³/mol. The molecule has 2 rings (SSSR count). The largest absolute Gasteiger partial charge is 0.497 e. The van der Waals surface area contributed by atoms with Crippen molar-refractivity contribution in [2.24, 2.45) is 5.92 Å². The number of amides is 1. The number of esters is 1.